The highest BCUT2D eigenvalue weighted by atomic mass is 32.1. The standard InChI is InChI=1S/C44H49NO5S/c1-10-13-29(6)49-37-18-16-26(3)22-34(37)30-14-12-15-32(24-30)42-45-35-23-28(5)38(40(43(46)47-11-2)50-44(7,8)9)39(41(35)51-42)31-17-19-36-33(25-31)27(4)20-21-48-36/h10,12,14-19,22-25,27,29,40H,1,11,13,20-21H2,2-9H3/t27?,29-,40-/m0/s1. The number of benzene rings is 4. The van der Waals surface area contributed by atoms with Gasteiger partial charge in [0.05, 0.1) is 35.1 Å². The predicted molar refractivity (Wildman–Crippen MR) is 209 cm³/mol. The van der Waals surface area contributed by atoms with Crippen LogP contribution in [0, 0.1) is 13.8 Å². The van der Waals surface area contributed by atoms with Crippen LogP contribution in [0.15, 0.2) is 79.4 Å². The molecule has 0 amide bonds. The van der Waals surface area contributed by atoms with E-state index in [4.69, 9.17) is 23.9 Å². The molecule has 0 aliphatic carbocycles. The normalized spacial score (nSPS) is 15.5. The fraction of sp³-hybridized carbons (Fsp3) is 0.364. The number of hydrogen-bond acceptors (Lipinski definition) is 7. The quantitative estimate of drug-likeness (QED) is 0.101. The molecule has 4 aromatic carbocycles. The molecule has 5 aromatic rings. The van der Waals surface area contributed by atoms with Gasteiger partial charge >= 0.3 is 5.97 Å². The molecule has 0 spiro atoms. The summed E-state index contributed by atoms with van der Waals surface area (Å²) < 4.78 is 25.6. The second-order valence-electron chi connectivity index (χ2n) is 14.5. The zero-order chi connectivity index (χ0) is 36.4. The SMILES string of the molecule is C=CC[C@H](C)Oc1ccc(C)cc1-c1cccc(-c2nc3cc(C)c([C@H](OC(C)(C)C)C(=O)OCC)c(-c4ccc5c(c4)C(C)CCO5)c3s2)c1. The molecular formula is C44H49NO5S. The lowest BCUT2D eigenvalue weighted by Crippen LogP contribution is -2.29. The van der Waals surface area contributed by atoms with E-state index >= 15 is 0 Å². The molecule has 0 fully saturated rings. The number of carbonyl (C=O) groups is 1. The number of esters is 1. The van der Waals surface area contributed by atoms with E-state index in [-0.39, 0.29) is 12.7 Å². The average Bonchev–Trinajstić information content (AvgIpc) is 3.51. The number of fused-ring (bicyclic) bond motifs is 2. The third-order valence-electron chi connectivity index (χ3n) is 9.18. The van der Waals surface area contributed by atoms with E-state index in [1.807, 2.05) is 40.7 Å². The Hall–Kier alpha value is -4.46. The Balaban J connectivity index is 1.55. The van der Waals surface area contributed by atoms with Crippen LogP contribution < -0.4 is 9.47 Å². The van der Waals surface area contributed by atoms with Gasteiger partial charge in [0.25, 0.3) is 0 Å². The number of rotatable bonds is 11. The van der Waals surface area contributed by atoms with Crippen molar-refractivity contribution in [1.29, 1.82) is 0 Å². The van der Waals surface area contributed by atoms with Gasteiger partial charge in [0.15, 0.2) is 6.10 Å². The zero-order valence-electron chi connectivity index (χ0n) is 31.1. The Bertz CT molecular complexity index is 2070. The van der Waals surface area contributed by atoms with E-state index < -0.39 is 17.7 Å². The Morgan fingerprint density at radius 2 is 1.84 bits per heavy atom. The molecule has 1 aliphatic rings. The molecular weight excluding hydrogens is 655 g/mol. The van der Waals surface area contributed by atoms with Crippen LogP contribution in [0.5, 0.6) is 11.5 Å². The smallest absolute Gasteiger partial charge is 0.339 e. The number of hydrogen-bond donors (Lipinski definition) is 0. The predicted octanol–water partition coefficient (Wildman–Crippen LogP) is 11.6. The molecule has 0 saturated carbocycles. The Morgan fingerprint density at radius 1 is 1.06 bits per heavy atom. The molecule has 0 N–H and O–H groups in total. The molecule has 0 saturated heterocycles. The highest BCUT2D eigenvalue weighted by Crippen LogP contribution is 2.47. The van der Waals surface area contributed by atoms with Crippen molar-refractivity contribution in [3.63, 3.8) is 0 Å². The average molecular weight is 704 g/mol. The van der Waals surface area contributed by atoms with E-state index in [0.29, 0.717) is 12.5 Å². The van der Waals surface area contributed by atoms with Crippen molar-refractivity contribution < 1.29 is 23.7 Å². The summed E-state index contributed by atoms with van der Waals surface area (Å²) in [7, 11) is 0. The van der Waals surface area contributed by atoms with Crippen molar-refractivity contribution in [2.24, 2.45) is 0 Å². The zero-order valence-corrected chi connectivity index (χ0v) is 31.9. The van der Waals surface area contributed by atoms with Crippen molar-refractivity contribution in [2.45, 2.75) is 92.0 Å². The fourth-order valence-electron chi connectivity index (χ4n) is 6.77. The minimum absolute atomic E-state index is 0.00565. The van der Waals surface area contributed by atoms with Crippen molar-refractivity contribution in [1.82, 2.24) is 4.98 Å². The van der Waals surface area contributed by atoms with Crippen molar-refractivity contribution in [3.8, 4) is 44.3 Å². The molecule has 51 heavy (non-hydrogen) atoms. The minimum atomic E-state index is -0.925. The van der Waals surface area contributed by atoms with Crippen LogP contribution in [0.25, 0.3) is 43.0 Å². The van der Waals surface area contributed by atoms with Crippen LogP contribution in [0.1, 0.15) is 88.7 Å². The van der Waals surface area contributed by atoms with Gasteiger partial charge in [0.1, 0.15) is 16.5 Å². The minimum Gasteiger partial charge on any atom is -0.493 e. The van der Waals surface area contributed by atoms with E-state index in [0.717, 1.165) is 84.1 Å². The summed E-state index contributed by atoms with van der Waals surface area (Å²) in [5.74, 6) is 1.70. The Kier molecular flexibility index (Phi) is 10.7. The highest BCUT2D eigenvalue weighted by molar-refractivity contribution is 7.22. The van der Waals surface area contributed by atoms with Gasteiger partial charge in [-0.15, -0.1) is 17.9 Å². The van der Waals surface area contributed by atoms with Crippen LogP contribution in [0.3, 0.4) is 0 Å². The van der Waals surface area contributed by atoms with Gasteiger partial charge in [-0.2, -0.15) is 0 Å². The summed E-state index contributed by atoms with van der Waals surface area (Å²) in [5.41, 5.74) is 9.36. The molecule has 6 nitrogen and oxygen atoms in total. The molecule has 0 bridgehead atoms. The lowest BCUT2D eigenvalue weighted by Gasteiger charge is -2.29. The van der Waals surface area contributed by atoms with Crippen molar-refractivity contribution >= 4 is 27.5 Å². The van der Waals surface area contributed by atoms with E-state index in [1.165, 1.54) is 5.56 Å². The first kappa shape index (κ1) is 36.3. The second kappa shape index (κ2) is 15.0. The summed E-state index contributed by atoms with van der Waals surface area (Å²) in [6.45, 7) is 21.0. The topological polar surface area (TPSA) is 66.9 Å². The Morgan fingerprint density at radius 3 is 2.59 bits per heavy atom. The lowest BCUT2D eigenvalue weighted by molar-refractivity contribution is -0.166. The molecule has 1 aromatic heterocycles. The van der Waals surface area contributed by atoms with Crippen LogP contribution in [0.4, 0.5) is 0 Å². The van der Waals surface area contributed by atoms with Crippen LogP contribution >= 0.6 is 11.3 Å². The second-order valence-corrected chi connectivity index (χ2v) is 15.5. The molecule has 1 unspecified atom stereocenters. The number of carbonyl (C=O) groups excluding carboxylic acids is 1. The van der Waals surface area contributed by atoms with Gasteiger partial charge in [-0.1, -0.05) is 48.9 Å². The summed E-state index contributed by atoms with van der Waals surface area (Å²) >= 11 is 1.63. The highest BCUT2D eigenvalue weighted by Gasteiger charge is 2.34. The summed E-state index contributed by atoms with van der Waals surface area (Å²) in [6, 6.07) is 23.3. The molecule has 0 radical (unpaired) electrons. The molecule has 3 atom stereocenters. The van der Waals surface area contributed by atoms with Gasteiger partial charge in [-0.25, -0.2) is 9.78 Å². The molecule has 1 aliphatic heterocycles. The Labute approximate surface area is 306 Å². The fourth-order valence-corrected chi connectivity index (χ4v) is 7.89. The summed E-state index contributed by atoms with van der Waals surface area (Å²) in [5, 5.41) is 0.888. The molecule has 2 heterocycles. The monoisotopic (exact) mass is 703 g/mol. The molecule has 6 rings (SSSR count). The van der Waals surface area contributed by atoms with Gasteiger partial charge in [0, 0.05) is 28.7 Å². The third-order valence-corrected chi connectivity index (χ3v) is 10.3. The van der Waals surface area contributed by atoms with Gasteiger partial charge in [-0.3, -0.25) is 0 Å². The maximum Gasteiger partial charge on any atom is 0.339 e. The lowest BCUT2D eigenvalue weighted by atomic mass is 9.87. The first-order chi connectivity index (χ1) is 24.4. The number of thiazole rings is 1. The number of nitrogens with zero attached hydrogens (tertiary/aromatic N) is 1. The van der Waals surface area contributed by atoms with Gasteiger partial charge in [0.2, 0.25) is 0 Å². The first-order valence-corrected chi connectivity index (χ1v) is 18.7. The number of aromatic nitrogens is 1. The summed E-state index contributed by atoms with van der Waals surface area (Å²) in [4.78, 5) is 19.0. The van der Waals surface area contributed by atoms with E-state index in [2.05, 4.69) is 94.1 Å². The van der Waals surface area contributed by atoms with Crippen molar-refractivity contribution in [3.05, 3.63) is 102 Å². The largest absolute Gasteiger partial charge is 0.493 e. The van der Waals surface area contributed by atoms with Crippen LogP contribution in [-0.2, 0) is 14.3 Å². The number of aryl methyl sites for hydroxylation is 2. The molecule has 266 valence electrons. The first-order valence-electron chi connectivity index (χ1n) is 17.9. The summed E-state index contributed by atoms with van der Waals surface area (Å²) in [6.07, 6.45) is 2.68. The van der Waals surface area contributed by atoms with Crippen molar-refractivity contribution in [2.75, 3.05) is 13.2 Å². The maximum atomic E-state index is 13.7. The third kappa shape index (κ3) is 7.90. The van der Waals surface area contributed by atoms with Crippen LogP contribution in [-0.4, -0.2) is 35.9 Å². The van der Waals surface area contributed by atoms with Gasteiger partial charge < -0.3 is 18.9 Å². The molecule has 7 heteroatoms. The maximum absolute atomic E-state index is 13.7. The van der Waals surface area contributed by atoms with Crippen LogP contribution in [0.2, 0.25) is 0 Å². The van der Waals surface area contributed by atoms with Gasteiger partial charge in [-0.05, 0) is 119 Å². The number of ether oxygens (including phenoxy) is 4. The van der Waals surface area contributed by atoms with E-state index in [1.54, 1.807) is 11.3 Å². The van der Waals surface area contributed by atoms with E-state index in [9.17, 15) is 4.79 Å².